The molecule has 2 rings (SSSR count). The summed E-state index contributed by atoms with van der Waals surface area (Å²) in [5, 5.41) is 2.75. The number of primary amides is 1. The molecule has 0 aliphatic heterocycles. The number of hydrogen-bond donors (Lipinski definition) is 2. The summed E-state index contributed by atoms with van der Waals surface area (Å²) in [5.41, 5.74) is 3.79. The highest BCUT2D eigenvalue weighted by molar-refractivity contribution is 5.68. The first kappa shape index (κ1) is 26.3. The van der Waals surface area contributed by atoms with Crippen molar-refractivity contribution in [2.24, 2.45) is 5.73 Å². The maximum atomic E-state index is 11.0. The van der Waals surface area contributed by atoms with Crippen LogP contribution in [0.2, 0.25) is 0 Å². The van der Waals surface area contributed by atoms with Crippen molar-refractivity contribution in [1.82, 2.24) is 5.32 Å². The summed E-state index contributed by atoms with van der Waals surface area (Å²) in [5.74, 6) is 0. The number of carbonyl (C=O) groups is 2. The minimum Gasteiger partial charge on any atom is -0.444 e. The molecule has 0 aromatic heterocycles. The summed E-state index contributed by atoms with van der Waals surface area (Å²) < 4.78 is 9.90. The van der Waals surface area contributed by atoms with Crippen LogP contribution >= 0.6 is 0 Å². The number of methoxy groups -OCH3 is 1. The quantitative estimate of drug-likeness (QED) is 0.599. The van der Waals surface area contributed by atoms with Crippen molar-refractivity contribution in [2.75, 3.05) is 7.11 Å². The van der Waals surface area contributed by atoms with Crippen LogP contribution in [0.1, 0.15) is 60.3 Å². The van der Waals surface area contributed by atoms with Gasteiger partial charge in [-0.1, -0.05) is 13.8 Å². The lowest BCUT2D eigenvalue weighted by Gasteiger charge is -2.19. The largest absolute Gasteiger partial charge is 0.444 e. The van der Waals surface area contributed by atoms with Crippen LogP contribution in [0.5, 0.6) is 0 Å². The van der Waals surface area contributed by atoms with Gasteiger partial charge < -0.3 is 20.5 Å². The van der Waals surface area contributed by atoms with Gasteiger partial charge in [-0.05, 0) is 46.5 Å². The third-order valence-corrected chi connectivity index (χ3v) is 2.16. The van der Waals surface area contributed by atoms with E-state index < -0.39 is 0 Å². The lowest BCUT2D eigenvalue weighted by Crippen LogP contribution is -2.33. The van der Waals surface area contributed by atoms with E-state index in [0.29, 0.717) is 12.1 Å². The molecule has 3 N–H and O–H groups in total. The number of nitrogens with two attached hydrogens (primary N) is 1. The third-order valence-electron chi connectivity index (χ3n) is 2.16. The first-order chi connectivity index (χ1) is 10.8. The van der Waals surface area contributed by atoms with Gasteiger partial charge in [0.15, 0.2) is 0 Å². The lowest BCUT2D eigenvalue weighted by atomic mass is 10.2. The molecule has 2 aliphatic rings. The Hall–Kier alpha value is -1.56. The van der Waals surface area contributed by atoms with Crippen LogP contribution < -0.4 is 11.1 Å². The molecule has 0 aromatic carbocycles. The van der Waals surface area contributed by atoms with Gasteiger partial charge in [0.05, 0.1) is 6.10 Å². The lowest BCUT2D eigenvalue weighted by molar-refractivity contribution is -0.106. The molecular weight excluding hydrogens is 296 g/mol. The van der Waals surface area contributed by atoms with Gasteiger partial charge in [-0.15, -0.1) is 13.2 Å². The molecule has 2 fully saturated rings. The van der Waals surface area contributed by atoms with Crippen molar-refractivity contribution < 1.29 is 19.1 Å². The van der Waals surface area contributed by atoms with Crippen molar-refractivity contribution in [3.8, 4) is 0 Å². The van der Waals surface area contributed by atoms with Crippen LogP contribution in [-0.2, 0) is 14.3 Å². The molecule has 0 atom stereocenters. The smallest absolute Gasteiger partial charge is 0.407 e. The molecule has 0 heterocycles. The van der Waals surface area contributed by atoms with Gasteiger partial charge in [-0.3, -0.25) is 4.79 Å². The molecule has 0 spiro atoms. The number of hydrogen-bond acceptors (Lipinski definition) is 4. The zero-order valence-corrected chi connectivity index (χ0v) is 15.7. The van der Waals surface area contributed by atoms with Crippen LogP contribution in [0.4, 0.5) is 4.79 Å². The second-order valence-electron chi connectivity index (χ2n) is 5.49. The average molecular weight is 332 g/mol. The van der Waals surface area contributed by atoms with E-state index in [9.17, 15) is 4.79 Å². The number of nitrogens with one attached hydrogen (secondary N) is 1. The van der Waals surface area contributed by atoms with E-state index in [-0.39, 0.29) is 18.1 Å². The van der Waals surface area contributed by atoms with E-state index >= 15 is 0 Å². The molecule has 0 saturated heterocycles. The van der Waals surface area contributed by atoms with E-state index in [1.165, 1.54) is 12.8 Å². The first-order valence-electron chi connectivity index (χ1n) is 8.00. The summed E-state index contributed by atoms with van der Waals surface area (Å²) in [6.07, 6.45) is 5.36. The molecule has 138 valence electrons. The third kappa shape index (κ3) is 29.2. The van der Waals surface area contributed by atoms with E-state index in [1.54, 1.807) is 7.11 Å². The van der Waals surface area contributed by atoms with Gasteiger partial charge in [0.1, 0.15) is 5.60 Å². The van der Waals surface area contributed by atoms with Gasteiger partial charge >= 0.3 is 6.09 Å². The summed E-state index contributed by atoms with van der Waals surface area (Å²) in [6.45, 7) is 15.6. The molecule has 2 aliphatic carbocycles. The van der Waals surface area contributed by atoms with Crippen LogP contribution in [0.15, 0.2) is 13.2 Å². The minimum atomic E-state index is -0.376. The van der Waals surface area contributed by atoms with Crippen molar-refractivity contribution in [3.63, 3.8) is 0 Å². The molecule has 2 amide bonds. The monoisotopic (exact) mass is 332 g/mol. The minimum absolute atomic E-state index is 0.250. The molecule has 6 heteroatoms. The Labute approximate surface area is 141 Å². The molecular formula is C17H36N2O4. The van der Waals surface area contributed by atoms with Gasteiger partial charge in [-0.2, -0.15) is 0 Å². The summed E-state index contributed by atoms with van der Waals surface area (Å²) >= 11 is 0. The Morgan fingerprint density at radius 3 is 1.74 bits per heavy atom. The van der Waals surface area contributed by atoms with Crippen LogP contribution in [0.3, 0.4) is 0 Å². The molecule has 6 nitrogen and oxygen atoms in total. The number of rotatable bonds is 2. The summed E-state index contributed by atoms with van der Waals surface area (Å²) in [6, 6.07) is 0.379. The van der Waals surface area contributed by atoms with E-state index in [0.717, 1.165) is 12.8 Å². The zero-order valence-electron chi connectivity index (χ0n) is 15.7. The summed E-state index contributed by atoms with van der Waals surface area (Å²) in [7, 11) is 1.76. The first-order valence-corrected chi connectivity index (χ1v) is 8.00. The predicted molar refractivity (Wildman–Crippen MR) is 95.3 cm³/mol. The molecule has 23 heavy (non-hydrogen) atoms. The normalized spacial score (nSPS) is 14.5. The topological polar surface area (TPSA) is 90.7 Å². The zero-order chi connectivity index (χ0) is 18.9. The highest BCUT2D eigenvalue weighted by Gasteiger charge is 2.26. The van der Waals surface area contributed by atoms with E-state index in [4.69, 9.17) is 14.3 Å². The Bertz CT molecular complexity index is 283. The molecule has 0 radical (unpaired) electrons. The fourth-order valence-electron chi connectivity index (χ4n) is 1.01. The van der Waals surface area contributed by atoms with Gasteiger partial charge in [0.2, 0.25) is 6.41 Å². The Kier molecular flexibility index (Phi) is 19.2. The van der Waals surface area contributed by atoms with Gasteiger partial charge in [0.25, 0.3) is 0 Å². The summed E-state index contributed by atoms with van der Waals surface area (Å²) in [4.78, 5) is 19.6. The highest BCUT2D eigenvalue weighted by Crippen LogP contribution is 2.21. The number of amides is 2. The van der Waals surface area contributed by atoms with Crippen LogP contribution in [-0.4, -0.2) is 37.4 Å². The van der Waals surface area contributed by atoms with Crippen LogP contribution in [0, 0.1) is 0 Å². The van der Waals surface area contributed by atoms with Crippen molar-refractivity contribution in [3.05, 3.63) is 13.2 Å². The fourth-order valence-corrected chi connectivity index (χ4v) is 1.01. The van der Waals surface area contributed by atoms with Crippen molar-refractivity contribution >= 4 is 12.5 Å². The second kappa shape index (κ2) is 16.8. The van der Waals surface area contributed by atoms with Crippen molar-refractivity contribution in [2.45, 2.75) is 78.0 Å². The Balaban J connectivity index is -0.000000278. The van der Waals surface area contributed by atoms with E-state index in [2.05, 4.69) is 24.2 Å². The number of carbonyl (C=O) groups excluding carboxylic acids is 2. The molecule has 0 bridgehead atoms. The Morgan fingerprint density at radius 2 is 1.57 bits per heavy atom. The Morgan fingerprint density at radius 1 is 1.17 bits per heavy atom. The predicted octanol–water partition coefficient (Wildman–Crippen LogP) is 3.40. The van der Waals surface area contributed by atoms with E-state index in [1.807, 2.05) is 34.6 Å². The fraction of sp³-hybridized carbons (Fsp3) is 0.765. The molecule has 0 unspecified atom stereocenters. The molecule has 0 aromatic rings. The number of alkyl carbamates (subject to hydrolysis) is 1. The standard InChI is InChI=1S/C8H15NO2.C4H8O.C2H6.C2H4.CH3NO/c1-8(2,3)11-7(10)9-6-4-5-6;1-5-4-2-3-4;2*1-2;2-1-3/h6H,4-5H2,1-3H3,(H,9,10);4H,2-3H2,1H3;1-2H3;1-2H2;1H,(H2,2,3). The maximum absolute atomic E-state index is 11.0. The highest BCUT2D eigenvalue weighted by atomic mass is 16.6. The van der Waals surface area contributed by atoms with Crippen LogP contribution in [0.25, 0.3) is 0 Å². The number of ether oxygens (including phenoxy) is 2. The molecule has 2 saturated carbocycles. The van der Waals surface area contributed by atoms with Gasteiger partial charge in [0, 0.05) is 13.2 Å². The second-order valence-corrected chi connectivity index (χ2v) is 5.49. The maximum Gasteiger partial charge on any atom is 0.407 e. The average Bonchev–Trinajstić information content (AvgIpc) is 3.37. The van der Waals surface area contributed by atoms with Crippen molar-refractivity contribution in [1.29, 1.82) is 0 Å². The van der Waals surface area contributed by atoms with Gasteiger partial charge in [-0.25, -0.2) is 4.79 Å². The SMILES string of the molecule is C=C.CC.CC(C)(C)OC(=O)NC1CC1.COC1CC1.NC=O.